The molecule has 0 saturated carbocycles. The maximum absolute atomic E-state index is 12.7. The SMILES string of the molecule is Cl.FC(F)(F)c1cnc(N2CCN(CCOCc3ccc(Cl)cc3)CC2)c(Cl)c1. The van der Waals surface area contributed by atoms with E-state index in [2.05, 4.69) is 9.88 Å². The molecule has 1 aliphatic heterocycles. The van der Waals surface area contributed by atoms with Crippen LogP contribution in [0.25, 0.3) is 0 Å². The van der Waals surface area contributed by atoms with Gasteiger partial charge in [0.25, 0.3) is 0 Å². The number of rotatable bonds is 6. The van der Waals surface area contributed by atoms with Crippen molar-refractivity contribution < 1.29 is 17.9 Å². The Morgan fingerprint density at radius 1 is 1.03 bits per heavy atom. The van der Waals surface area contributed by atoms with Crippen molar-refractivity contribution >= 4 is 41.4 Å². The van der Waals surface area contributed by atoms with Crippen LogP contribution in [-0.4, -0.2) is 49.2 Å². The fourth-order valence-electron chi connectivity index (χ4n) is 2.97. The first-order chi connectivity index (χ1) is 13.3. The van der Waals surface area contributed by atoms with Crippen LogP contribution >= 0.6 is 35.6 Å². The molecule has 0 aliphatic carbocycles. The summed E-state index contributed by atoms with van der Waals surface area (Å²) in [5, 5.41) is 0.721. The molecular weight excluding hydrogens is 450 g/mol. The molecule has 0 spiro atoms. The van der Waals surface area contributed by atoms with E-state index in [0.29, 0.717) is 37.1 Å². The number of hydrogen-bond donors (Lipinski definition) is 0. The second-order valence-electron chi connectivity index (χ2n) is 6.53. The highest BCUT2D eigenvalue weighted by molar-refractivity contribution is 6.33. The number of hydrogen-bond acceptors (Lipinski definition) is 4. The van der Waals surface area contributed by atoms with Gasteiger partial charge in [-0.15, -0.1) is 12.4 Å². The number of anilines is 1. The van der Waals surface area contributed by atoms with Crippen molar-refractivity contribution in [2.24, 2.45) is 0 Å². The predicted molar refractivity (Wildman–Crippen MR) is 111 cm³/mol. The van der Waals surface area contributed by atoms with Crippen LogP contribution in [0, 0.1) is 0 Å². The molecule has 0 unspecified atom stereocenters. The molecule has 4 nitrogen and oxygen atoms in total. The second-order valence-corrected chi connectivity index (χ2v) is 7.38. The Hall–Kier alpha value is -1.25. The van der Waals surface area contributed by atoms with E-state index in [9.17, 15) is 13.2 Å². The van der Waals surface area contributed by atoms with Crippen LogP contribution in [0.2, 0.25) is 10.0 Å². The number of pyridine rings is 1. The zero-order chi connectivity index (χ0) is 20.1. The molecule has 2 aromatic rings. The third-order valence-electron chi connectivity index (χ3n) is 4.55. The molecule has 0 atom stereocenters. The summed E-state index contributed by atoms with van der Waals surface area (Å²) in [7, 11) is 0. The molecule has 0 amide bonds. The van der Waals surface area contributed by atoms with Gasteiger partial charge in [0.15, 0.2) is 0 Å². The highest BCUT2D eigenvalue weighted by Crippen LogP contribution is 2.33. The molecule has 1 saturated heterocycles. The fraction of sp³-hybridized carbons (Fsp3) is 0.421. The number of halogens is 6. The van der Waals surface area contributed by atoms with Crippen molar-refractivity contribution in [1.82, 2.24) is 9.88 Å². The van der Waals surface area contributed by atoms with Crippen molar-refractivity contribution in [2.75, 3.05) is 44.2 Å². The van der Waals surface area contributed by atoms with E-state index in [-0.39, 0.29) is 17.4 Å². The lowest BCUT2D eigenvalue weighted by Crippen LogP contribution is -2.47. The lowest BCUT2D eigenvalue weighted by molar-refractivity contribution is -0.137. The van der Waals surface area contributed by atoms with Gasteiger partial charge in [-0.25, -0.2) is 4.98 Å². The Morgan fingerprint density at radius 2 is 1.69 bits per heavy atom. The number of benzene rings is 1. The lowest BCUT2D eigenvalue weighted by Gasteiger charge is -2.35. The minimum atomic E-state index is -4.44. The number of ether oxygens (including phenoxy) is 1. The van der Waals surface area contributed by atoms with Gasteiger partial charge in [0.05, 0.1) is 23.8 Å². The average molecular weight is 471 g/mol. The van der Waals surface area contributed by atoms with Crippen molar-refractivity contribution in [2.45, 2.75) is 12.8 Å². The molecule has 10 heteroatoms. The van der Waals surface area contributed by atoms with Crippen LogP contribution in [0.3, 0.4) is 0 Å². The zero-order valence-corrected chi connectivity index (χ0v) is 17.8. The number of alkyl halides is 3. The number of piperazine rings is 1. The van der Waals surface area contributed by atoms with E-state index in [4.69, 9.17) is 27.9 Å². The summed E-state index contributed by atoms with van der Waals surface area (Å²) in [4.78, 5) is 8.09. The van der Waals surface area contributed by atoms with E-state index < -0.39 is 11.7 Å². The molecule has 29 heavy (non-hydrogen) atoms. The Bertz CT molecular complexity index is 783. The molecule has 160 valence electrons. The maximum Gasteiger partial charge on any atom is 0.417 e. The van der Waals surface area contributed by atoms with Gasteiger partial charge in [-0.1, -0.05) is 35.3 Å². The van der Waals surface area contributed by atoms with Gasteiger partial charge in [0.1, 0.15) is 5.82 Å². The quantitative estimate of drug-likeness (QED) is 0.545. The van der Waals surface area contributed by atoms with Gasteiger partial charge in [-0.05, 0) is 23.8 Å². The zero-order valence-electron chi connectivity index (χ0n) is 15.5. The Balaban J connectivity index is 0.00000300. The molecule has 1 aliphatic rings. The normalized spacial score (nSPS) is 15.3. The predicted octanol–water partition coefficient (Wildman–Crippen LogP) is 5.17. The molecule has 0 bridgehead atoms. The number of aromatic nitrogens is 1. The lowest BCUT2D eigenvalue weighted by atomic mass is 10.2. The molecule has 3 rings (SSSR count). The number of nitrogens with zero attached hydrogens (tertiary/aromatic N) is 3. The molecule has 1 aromatic heterocycles. The first-order valence-electron chi connectivity index (χ1n) is 8.85. The summed E-state index contributed by atoms with van der Waals surface area (Å²) >= 11 is 11.9. The van der Waals surface area contributed by atoms with Crippen molar-refractivity contribution in [3.05, 3.63) is 57.7 Å². The third kappa shape index (κ3) is 6.89. The van der Waals surface area contributed by atoms with E-state index in [0.717, 1.165) is 37.5 Å². The van der Waals surface area contributed by atoms with Crippen LogP contribution in [0.5, 0.6) is 0 Å². The van der Waals surface area contributed by atoms with Crippen LogP contribution in [0.15, 0.2) is 36.5 Å². The van der Waals surface area contributed by atoms with E-state index >= 15 is 0 Å². The van der Waals surface area contributed by atoms with Gasteiger partial charge in [0.2, 0.25) is 0 Å². The van der Waals surface area contributed by atoms with Gasteiger partial charge in [-0.2, -0.15) is 13.2 Å². The van der Waals surface area contributed by atoms with Crippen LogP contribution in [-0.2, 0) is 17.5 Å². The Labute approximate surface area is 184 Å². The summed E-state index contributed by atoms with van der Waals surface area (Å²) in [5.74, 6) is 0.397. The first-order valence-corrected chi connectivity index (χ1v) is 9.61. The van der Waals surface area contributed by atoms with Gasteiger partial charge in [-0.3, -0.25) is 4.90 Å². The summed E-state index contributed by atoms with van der Waals surface area (Å²) in [5.41, 5.74) is 0.231. The maximum atomic E-state index is 12.7. The highest BCUT2D eigenvalue weighted by Gasteiger charge is 2.32. The highest BCUT2D eigenvalue weighted by atomic mass is 35.5. The summed E-state index contributed by atoms with van der Waals surface area (Å²) < 4.78 is 43.9. The second kappa shape index (κ2) is 10.7. The molecule has 1 aromatic carbocycles. The van der Waals surface area contributed by atoms with Crippen LogP contribution in [0.4, 0.5) is 19.0 Å². The fourth-order valence-corrected chi connectivity index (χ4v) is 3.38. The average Bonchev–Trinajstić information content (AvgIpc) is 2.66. The molecule has 0 N–H and O–H groups in total. The van der Waals surface area contributed by atoms with E-state index in [1.165, 1.54) is 0 Å². The van der Waals surface area contributed by atoms with Gasteiger partial charge in [0, 0.05) is 43.9 Å². The summed E-state index contributed by atoms with van der Waals surface area (Å²) in [6.07, 6.45) is -3.61. The molecular formula is C19H21Cl3F3N3O. The molecule has 2 heterocycles. The largest absolute Gasteiger partial charge is 0.417 e. The Morgan fingerprint density at radius 3 is 2.28 bits per heavy atom. The smallest absolute Gasteiger partial charge is 0.375 e. The van der Waals surface area contributed by atoms with Crippen LogP contribution in [0.1, 0.15) is 11.1 Å². The third-order valence-corrected chi connectivity index (χ3v) is 5.08. The van der Waals surface area contributed by atoms with Gasteiger partial charge >= 0.3 is 6.18 Å². The summed E-state index contributed by atoms with van der Waals surface area (Å²) in [6.45, 7) is 4.75. The standard InChI is InChI=1S/C19H20Cl2F3N3O.ClH/c20-16-3-1-14(2-4-16)13-28-10-9-26-5-7-27(8-6-26)18-17(21)11-15(12-25-18)19(22,23)24;/h1-4,11-12H,5-10,13H2;1H. The monoisotopic (exact) mass is 469 g/mol. The first kappa shape index (κ1) is 24.0. The molecule has 1 fully saturated rings. The van der Waals surface area contributed by atoms with Crippen molar-refractivity contribution in [3.63, 3.8) is 0 Å². The van der Waals surface area contributed by atoms with Crippen LogP contribution < -0.4 is 4.90 Å². The van der Waals surface area contributed by atoms with Crippen molar-refractivity contribution in [3.8, 4) is 0 Å². The van der Waals surface area contributed by atoms with Gasteiger partial charge < -0.3 is 9.64 Å². The topological polar surface area (TPSA) is 28.6 Å². The minimum Gasteiger partial charge on any atom is -0.375 e. The van der Waals surface area contributed by atoms with E-state index in [1.807, 2.05) is 29.2 Å². The molecule has 0 radical (unpaired) electrons. The van der Waals surface area contributed by atoms with E-state index in [1.54, 1.807) is 0 Å². The Kier molecular flexibility index (Phi) is 8.85. The summed E-state index contributed by atoms with van der Waals surface area (Å²) in [6, 6.07) is 8.46. The van der Waals surface area contributed by atoms with Crippen molar-refractivity contribution in [1.29, 1.82) is 0 Å². The minimum absolute atomic E-state index is 0.